The molecule has 1 amide bonds. The molecule has 1 heterocycles. The lowest BCUT2D eigenvalue weighted by Gasteiger charge is -2.28. The summed E-state index contributed by atoms with van der Waals surface area (Å²) in [6.45, 7) is 0.849. The molecular formula is C20H28ClF3N4O2. The van der Waals surface area contributed by atoms with E-state index in [1.807, 2.05) is 17.0 Å². The Balaban J connectivity index is 2.19. The highest BCUT2D eigenvalue weighted by atomic mass is 35.5. The number of benzene rings is 1. The van der Waals surface area contributed by atoms with Crippen molar-refractivity contribution < 1.29 is 23.1 Å². The SMILES string of the molecule is CNC(=O)C1=C(NCCCO)NC(CCCCC(F)(F)F)N1Cc1ccc(Cl)cc1. The van der Waals surface area contributed by atoms with Gasteiger partial charge in [-0.2, -0.15) is 13.2 Å². The molecule has 30 heavy (non-hydrogen) atoms. The molecule has 0 saturated carbocycles. The molecule has 0 aromatic heterocycles. The molecule has 6 nitrogen and oxygen atoms in total. The van der Waals surface area contributed by atoms with Crippen LogP contribution in [0.1, 0.15) is 37.7 Å². The highest BCUT2D eigenvalue weighted by Gasteiger charge is 2.35. The minimum Gasteiger partial charge on any atom is -0.396 e. The second kappa shape index (κ2) is 11.3. The van der Waals surface area contributed by atoms with Gasteiger partial charge in [0.1, 0.15) is 17.7 Å². The van der Waals surface area contributed by atoms with E-state index in [4.69, 9.17) is 16.7 Å². The van der Waals surface area contributed by atoms with Crippen LogP contribution in [0.15, 0.2) is 35.8 Å². The Hall–Kier alpha value is -2.13. The van der Waals surface area contributed by atoms with E-state index in [9.17, 15) is 18.0 Å². The number of rotatable bonds is 11. The number of carbonyl (C=O) groups excluding carboxylic acids is 1. The Labute approximate surface area is 179 Å². The van der Waals surface area contributed by atoms with E-state index >= 15 is 0 Å². The van der Waals surface area contributed by atoms with Crippen molar-refractivity contribution in [3.8, 4) is 0 Å². The predicted molar refractivity (Wildman–Crippen MR) is 109 cm³/mol. The molecule has 0 spiro atoms. The number of amides is 1. The van der Waals surface area contributed by atoms with Crippen LogP contribution in [0.2, 0.25) is 5.02 Å². The van der Waals surface area contributed by atoms with Gasteiger partial charge in [0.2, 0.25) is 0 Å². The first kappa shape index (κ1) is 24.1. The van der Waals surface area contributed by atoms with Crippen molar-refractivity contribution in [2.45, 2.75) is 51.0 Å². The van der Waals surface area contributed by atoms with E-state index in [0.29, 0.717) is 48.9 Å². The van der Waals surface area contributed by atoms with Crippen LogP contribution in [-0.2, 0) is 11.3 Å². The van der Waals surface area contributed by atoms with Gasteiger partial charge >= 0.3 is 6.18 Å². The average Bonchev–Trinajstić information content (AvgIpc) is 3.03. The van der Waals surface area contributed by atoms with Crippen molar-refractivity contribution in [3.63, 3.8) is 0 Å². The minimum atomic E-state index is -4.17. The number of alkyl halides is 3. The minimum absolute atomic E-state index is 0.00491. The lowest BCUT2D eigenvalue weighted by atomic mass is 10.1. The largest absolute Gasteiger partial charge is 0.396 e. The molecule has 0 saturated heterocycles. The molecule has 1 aliphatic heterocycles. The predicted octanol–water partition coefficient (Wildman–Crippen LogP) is 3.08. The molecule has 1 aliphatic rings. The molecule has 168 valence electrons. The normalized spacial score (nSPS) is 16.6. The fraction of sp³-hybridized carbons (Fsp3) is 0.550. The number of halogens is 4. The maximum Gasteiger partial charge on any atom is 0.389 e. The van der Waals surface area contributed by atoms with Crippen LogP contribution in [0.3, 0.4) is 0 Å². The van der Waals surface area contributed by atoms with Gasteiger partial charge in [-0.05, 0) is 43.4 Å². The van der Waals surface area contributed by atoms with Gasteiger partial charge in [0.25, 0.3) is 5.91 Å². The number of aliphatic hydroxyl groups is 1. The second-order valence-corrected chi connectivity index (χ2v) is 7.52. The van der Waals surface area contributed by atoms with Gasteiger partial charge in [-0.15, -0.1) is 0 Å². The topological polar surface area (TPSA) is 76.6 Å². The summed E-state index contributed by atoms with van der Waals surface area (Å²) < 4.78 is 37.4. The molecule has 0 bridgehead atoms. The highest BCUT2D eigenvalue weighted by Crippen LogP contribution is 2.28. The van der Waals surface area contributed by atoms with Crippen LogP contribution in [0.5, 0.6) is 0 Å². The number of carbonyl (C=O) groups is 1. The summed E-state index contributed by atoms with van der Waals surface area (Å²) in [6.07, 6.45) is -4.01. The number of hydrogen-bond acceptors (Lipinski definition) is 5. The monoisotopic (exact) mass is 448 g/mol. The van der Waals surface area contributed by atoms with Gasteiger partial charge < -0.3 is 26.0 Å². The van der Waals surface area contributed by atoms with Gasteiger partial charge in [-0.25, -0.2) is 0 Å². The zero-order chi connectivity index (χ0) is 22.1. The van der Waals surface area contributed by atoms with Gasteiger partial charge in [0.15, 0.2) is 0 Å². The third-order valence-electron chi connectivity index (χ3n) is 4.74. The van der Waals surface area contributed by atoms with Crippen LogP contribution < -0.4 is 16.0 Å². The van der Waals surface area contributed by atoms with Crippen LogP contribution in [0.4, 0.5) is 13.2 Å². The first-order chi connectivity index (χ1) is 14.2. The van der Waals surface area contributed by atoms with E-state index in [-0.39, 0.29) is 25.1 Å². The molecule has 2 rings (SSSR count). The zero-order valence-electron chi connectivity index (χ0n) is 16.9. The molecule has 4 N–H and O–H groups in total. The molecule has 0 aliphatic carbocycles. The molecule has 0 radical (unpaired) electrons. The summed E-state index contributed by atoms with van der Waals surface area (Å²) in [5, 5.41) is 18.6. The molecule has 0 fully saturated rings. The quantitative estimate of drug-likeness (QED) is 0.391. The van der Waals surface area contributed by atoms with Gasteiger partial charge in [0, 0.05) is 38.2 Å². The van der Waals surface area contributed by atoms with Crippen molar-refractivity contribution >= 4 is 17.5 Å². The Bertz CT molecular complexity index is 726. The first-order valence-electron chi connectivity index (χ1n) is 9.90. The van der Waals surface area contributed by atoms with Crippen LogP contribution in [0.25, 0.3) is 0 Å². The fourth-order valence-electron chi connectivity index (χ4n) is 3.27. The highest BCUT2D eigenvalue weighted by molar-refractivity contribution is 6.30. The van der Waals surface area contributed by atoms with Crippen molar-refractivity contribution in [2.75, 3.05) is 20.2 Å². The van der Waals surface area contributed by atoms with E-state index in [2.05, 4.69) is 16.0 Å². The lowest BCUT2D eigenvalue weighted by Crippen LogP contribution is -2.40. The second-order valence-electron chi connectivity index (χ2n) is 7.08. The fourth-order valence-corrected chi connectivity index (χ4v) is 3.39. The van der Waals surface area contributed by atoms with E-state index in [1.54, 1.807) is 12.1 Å². The van der Waals surface area contributed by atoms with Crippen molar-refractivity contribution in [1.29, 1.82) is 0 Å². The third-order valence-corrected chi connectivity index (χ3v) is 5.00. The number of nitrogens with one attached hydrogen (secondary N) is 3. The van der Waals surface area contributed by atoms with Gasteiger partial charge in [-0.1, -0.05) is 23.7 Å². The molecule has 1 aromatic carbocycles. The Morgan fingerprint density at radius 2 is 1.93 bits per heavy atom. The molecule has 1 atom stereocenters. The van der Waals surface area contributed by atoms with Gasteiger partial charge in [-0.3, -0.25) is 4.79 Å². The Kier molecular flexibility index (Phi) is 9.10. The van der Waals surface area contributed by atoms with E-state index in [1.165, 1.54) is 7.05 Å². The molecule has 1 unspecified atom stereocenters. The maximum atomic E-state index is 12.6. The summed E-state index contributed by atoms with van der Waals surface area (Å²) >= 11 is 5.95. The number of nitrogens with zero attached hydrogens (tertiary/aromatic N) is 1. The van der Waals surface area contributed by atoms with Gasteiger partial charge in [0.05, 0.1) is 0 Å². The van der Waals surface area contributed by atoms with Crippen molar-refractivity contribution in [1.82, 2.24) is 20.9 Å². The van der Waals surface area contributed by atoms with Crippen LogP contribution >= 0.6 is 11.6 Å². The summed E-state index contributed by atoms with van der Waals surface area (Å²) in [7, 11) is 1.53. The molecule has 1 aromatic rings. The van der Waals surface area contributed by atoms with Crippen LogP contribution in [-0.4, -0.2) is 48.5 Å². The van der Waals surface area contributed by atoms with Crippen LogP contribution in [0, 0.1) is 0 Å². The zero-order valence-corrected chi connectivity index (χ0v) is 17.6. The van der Waals surface area contributed by atoms with E-state index in [0.717, 1.165) is 5.56 Å². The smallest absolute Gasteiger partial charge is 0.389 e. The van der Waals surface area contributed by atoms with Crippen molar-refractivity contribution in [3.05, 3.63) is 46.4 Å². The summed E-state index contributed by atoms with van der Waals surface area (Å²) in [5.74, 6) is 0.207. The number of unbranched alkanes of at least 4 members (excludes halogenated alkanes) is 1. The maximum absolute atomic E-state index is 12.6. The van der Waals surface area contributed by atoms with Crippen molar-refractivity contribution in [2.24, 2.45) is 0 Å². The standard InChI is InChI=1S/C20H28ClF3N4O2/c1-25-19(30)17-18(26-11-4-12-29)27-16(5-2-3-10-20(22,23)24)28(17)13-14-6-8-15(21)9-7-14/h6-9,16,26-27,29H,2-5,10-13H2,1H3,(H,25,30). The first-order valence-corrected chi connectivity index (χ1v) is 10.3. The number of hydrogen-bond donors (Lipinski definition) is 4. The molecule has 10 heteroatoms. The molecular weight excluding hydrogens is 421 g/mol. The summed E-state index contributed by atoms with van der Waals surface area (Å²) in [5.41, 5.74) is 1.31. The summed E-state index contributed by atoms with van der Waals surface area (Å²) in [6, 6.07) is 7.20. The third kappa shape index (κ3) is 7.28. The Morgan fingerprint density at radius 1 is 1.23 bits per heavy atom. The Morgan fingerprint density at radius 3 is 2.53 bits per heavy atom. The number of aliphatic hydroxyl groups excluding tert-OH is 1. The summed E-state index contributed by atoms with van der Waals surface area (Å²) in [4.78, 5) is 14.5. The lowest BCUT2D eigenvalue weighted by molar-refractivity contribution is -0.135. The average molecular weight is 449 g/mol. The van der Waals surface area contributed by atoms with E-state index < -0.39 is 12.6 Å². The number of likely N-dealkylation sites (N-methyl/N-ethyl adjacent to an activating group) is 1.